The molecule has 1 aliphatic rings. The van der Waals surface area contributed by atoms with Crippen molar-refractivity contribution < 1.29 is 19.1 Å². The highest BCUT2D eigenvalue weighted by Crippen LogP contribution is 2.28. The van der Waals surface area contributed by atoms with Crippen molar-refractivity contribution in [1.82, 2.24) is 10.6 Å². The lowest BCUT2D eigenvalue weighted by Crippen LogP contribution is -2.44. The molecular weight excluding hydrogens is 260 g/mol. The summed E-state index contributed by atoms with van der Waals surface area (Å²) < 4.78 is 10.7. The molecule has 0 aliphatic carbocycles. The van der Waals surface area contributed by atoms with Crippen LogP contribution in [0.3, 0.4) is 0 Å². The van der Waals surface area contributed by atoms with Crippen LogP contribution in [0.4, 0.5) is 0 Å². The average Bonchev–Trinajstić information content (AvgIpc) is 2.59. The predicted molar refractivity (Wildman–Crippen MR) is 73.3 cm³/mol. The molecule has 2 N–H and O–H groups in total. The maximum absolute atomic E-state index is 12.5. The third-order valence-corrected chi connectivity index (χ3v) is 3.11. The number of methoxy groups -OCH3 is 1. The summed E-state index contributed by atoms with van der Waals surface area (Å²) in [5.74, 6) is 0.752. The first-order chi connectivity index (χ1) is 9.65. The highest BCUT2D eigenvalue weighted by atomic mass is 16.5. The van der Waals surface area contributed by atoms with Crippen LogP contribution in [-0.2, 0) is 4.79 Å². The van der Waals surface area contributed by atoms with Crippen LogP contribution in [-0.4, -0.2) is 45.0 Å². The van der Waals surface area contributed by atoms with Crippen molar-refractivity contribution in [3.63, 3.8) is 0 Å². The summed E-state index contributed by atoms with van der Waals surface area (Å²) in [6, 6.07) is 4.53. The van der Waals surface area contributed by atoms with Gasteiger partial charge >= 0.3 is 0 Å². The third kappa shape index (κ3) is 3.08. The second-order valence-electron chi connectivity index (χ2n) is 4.51. The Labute approximate surface area is 117 Å². The highest BCUT2D eigenvalue weighted by molar-refractivity contribution is 6.04. The van der Waals surface area contributed by atoms with E-state index in [2.05, 4.69) is 10.6 Å². The summed E-state index contributed by atoms with van der Waals surface area (Å²) >= 11 is 0. The van der Waals surface area contributed by atoms with Crippen molar-refractivity contribution in [2.45, 2.75) is 12.5 Å². The average molecular weight is 278 g/mol. The van der Waals surface area contributed by atoms with Crippen LogP contribution in [0.2, 0.25) is 0 Å². The largest absolute Gasteiger partial charge is 0.497 e. The van der Waals surface area contributed by atoms with E-state index in [1.54, 1.807) is 25.2 Å². The van der Waals surface area contributed by atoms with Gasteiger partial charge in [-0.15, -0.1) is 0 Å². The fraction of sp³-hybridized carbons (Fsp3) is 0.429. The van der Waals surface area contributed by atoms with Gasteiger partial charge < -0.3 is 20.1 Å². The Bertz CT molecular complexity index is 516. The van der Waals surface area contributed by atoms with Gasteiger partial charge in [-0.3, -0.25) is 9.59 Å². The first kappa shape index (κ1) is 14.3. The van der Waals surface area contributed by atoms with Gasteiger partial charge in [-0.1, -0.05) is 0 Å². The SMILES string of the molecule is CNCC(=O)NC1CCOc2ccc(OC)cc2C1=O. The smallest absolute Gasteiger partial charge is 0.234 e. The minimum Gasteiger partial charge on any atom is -0.497 e. The van der Waals surface area contributed by atoms with Gasteiger partial charge in [0, 0.05) is 6.42 Å². The van der Waals surface area contributed by atoms with E-state index in [9.17, 15) is 9.59 Å². The summed E-state index contributed by atoms with van der Waals surface area (Å²) in [5.41, 5.74) is 0.441. The lowest BCUT2D eigenvalue weighted by Gasteiger charge is -2.14. The van der Waals surface area contributed by atoms with Crippen molar-refractivity contribution in [3.8, 4) is 11.5 Å². The van der Waals surface area contributed by atoms with Crippen molar-refractivity contribution in [2.75, 3.05) is 27.3 Å². The Balaban J connectivity index is 2.22. The van der Waals surface area contributed by atoms with Crippen molar-refractivity contribution in [2.24, 2.45) is 0 Å². The number of Topliss-reactive ketones (excluding diaryl/α,β-unsaturated/α-hetero) is 1. The van der Waals surface area contributed by atoms with E-state index >= 15 is 0 Å². The van der Waals surface area contributed by atoms with E-state index in [1.807, 2.05) is 0 Å². The zero-order chi connectivity index (χ0) is 14.5. The molecule has 0 bridgehead atoms. The van der Waals surface area contributed by atoms with Crippen LogP contribution in [0.5, 0.6) is 11.5 Å². The van der Waals surface area contributed by atoms with Crippen molar-refractivity contribution in [3.05, 3.63) is 23.8 Å². The zero-order valence-electron chi connectivity index (χ0n) is 11.6. The summed E-state index contributed by atoms with van der Waals surface area (Å²) in [6.45, 7) is 0.561. The van der Waals surface area contributed by atoms with Gasteiger partial charge in [0.15, 0.2) is 5.78 Å². The predicted octanol–water partition coefficient (Wildman–Crippen LogP) is 0.365. The molecule has 108 valence electrons. The van der Waals surface area contributed by atoms with Crippen LogP contribution < -0.4 is 20.1 Å². The summed E-state index contributed by atoms with van der Waals surface area (Å²) in [4.78, 5) is 24.1. The van der Waals surface area contributed by atoms with Gasteiger partial charge in [0.25, 0.3) is 0 Å². The Hall–Kier alpha value is -2.08. The van der Waals surface area contributed by atoms with Gasteiger partial charge in [0.2, 0.25) is 5.91 Å². The van der Waals surface area contributed by atoms with E-state index in [0.29, 0.717) is 30.1 Å². The zero-order valence-corrected chi connectivity index (χ0v) is 11.6. The summed E-state index contributed by atoms with van der Waals surface area (Å²) in [5, 5.41) is 5.47. The molecule has 0 aromatic heterocycles. The summed E-state index contributed by atoms with van der Waals surface area (Å²) in [6.07, 6.45) is 0.450. The number of rotatable bonds is 4. The highest BCUT2D eigenvalue weighted by Gasteiger charge is 2.28. The second kappa shape index (κ2) is 6.38. The van der Waals surface area contributed by atoms with Crippen LogP contribution in [0, 0.1) is 0 Å². The second-order valence-corrected chi connectivity index (χ2v) is 4.51. The maximum Gasteiger partial charge on any atom is 0.234 e. The number of ketones is 1. The fourth-order valence-electron chi connectivity index (χ4n) is 2.10. The van der Waals surface area contributed by atoms with Gasteiger partial charge in [0.1, 0.15) is 11.5 Å². The third-order valence-electron chi connectivity index (χ3n) is 3.11. The molecule has 1 aromatic rings. The number of benzene rings is 1. The van der Waals surface area contributed by atoms with Crippen LogP contribution in [0.25, 0.3) is 0 Å². The topological polar surface area (TPSA) is 76.7 Å². The van der Waals surface area contributed by atoms with Gasteiger partial charge in [-0.05, 0) is 25.2 Å². The number of ether oxygens (including phenoxy) is 2. The molecule has 1 heterocycles. The number of carbonyl (C=O) groups is 2. The number of hydrogen-bond acceptors (Lipinski definition) is 5. The van der Waals surface area contributed by atoms with Gasteiger partial charge in [-0.2, -0.15) is 0 Å². The molecule has 0 saturated carbocycles. The minimum atomic E-state index is -0.566. The molecule has 1 aromatic carbocycles. The van der Waals surface area contributed by atoms with Gasteiger partial charge in [0.05, 0.1) is 31.9 Å². The number of fused-ring (bicyclic) bond motifs is 1. The molecule has 2 rings (SSSR count). The lowest BCUT2D eigenvalue weighted by atomic mass is 10.0. The maximum atomic E-state index is 12.5. The van der Waals surface area contributed by atoms with E-state index in [4.69, 9.17) is 9.47 Å². The molecule has 0 radical (unpaired) electrons. The number of carbonyl (C=O) groups excluding carboxylic acids is 2. The fourth-order valence-corrected chi connectivity index (χ4v) is 2.10. The number of hydrogen-bond donors (Lipinski definition) is 2. The quantitative estimate of drug-likeness (QED) is 0.832. The monoisotopic (exact) mass is 278 g/mol. The molecule has 1 amide bonds. The molecule has 6 heteroatoms. The van der Waals surface area contributed by atoms with Crippen LogP contribution in [0.15, 0.2) is 18.2 Å². The minimum absolute atomic E-state index is 0.152. The van der Waals surface area contributed by atoms with Crippen LogP contribution >= 0.6 is 0 Å². The molecular formula is C14H18N2O4. The van der Waals surface area contributed by atoms with Crippen LogP contribution in [0.1, 0.15) is 16.8 Å². The molecule has 20 heavy (non-hydrogen) atoms. The van der Waals surface area contributed by atoms with Gasteiger partial charge in [-0.25, -0.2) is 0 Å². The Morgan fingerprint density at radius 2 is 2.30 bits per heavy atom. The number of amides is 1. The van der Waals surface area contributed by atoms with Crippen molar-refractivity contribution in [1.29, 1.82) is 0 Å². The molecule has 1 unspecified atom stereocenters. The van der Waals surface area contributed by atoms with E-state index < -0.39 is 6.04 Å². The van der Waals surface area contributed by atoms with Crippen molar-refractivity contribution >= 4 is 11.7 Å². The molecule has 0 spiro atoms. The number of likely N-dealkylation sites (N-methyl/N-ethyl adjacent to an activating group) is 1. The molecule has 0 fully saturated rings. The van der Waals surface area contributed by atoms with E-state index in [0.717, 1.165) is 0 Å². The molecule has 1 atom stereocenters. The molecule has 1 aliphatic heterocycles. The Morgan fingerprint density at radius 3 is 3.00 bits per heavy atom. The number of nitrogens with one attached hydrogen (secondary N) is 2. The normalized spacial score (nSPS) is 17.7. The molecule has 6 nitrogen and oxygen atoms in total. The molecule has 0 saturated heterocycles. The Kier molecular flexibility index (Phi) is 4.57. The lowest BCUT2D eigenvalue weighted by molar-refractivity contribution is -0.120. The van der Waals surface area contributed by atoms with E-state index in [1.165, 1.54) is 7.11 Å². The van der Waals surface area contributed by atoms with E-state index in [-0.39, 0.29) is 18.2 Å². The Morgan fingerprint density at radius 1 is 1.50 bits per heavy atom. The summed E-state index contributed by atoms with van der Waals surface area (Å²) in [7, 11) is 3.22. The standard InChI is InChI=1S/C14H18N2O4/c1-15-8-13(17)16-11-5-6-20-12-4-3-9(19-2)7-10(12)14(11)18/h3-4,7,11,15H,5-6,8H2,1-2H3,(H,16,17). The first-order valence-corrected chi connectivity index (χ1v) is 6.44. The first-order valence-electron chi connectivity index (χ1n) is 6.44.